The number of phenolic OH excluding ortho intramolecular Hbond substituents is 1. The van der Waals surface area contributed by atoms with Gasteiger partial charge in [-0.1, -0.05) is 31.6 Å². The molecule has 4 bridgehead atoms. The van der Waals surface area contributed by atoms with Gasteiger partial charge < -0.3 is 28.8 Å². The minimum atomic E-state index is -1.71. The zero-order valence-corrected chi connectivity index (χ0v) is 27.2. The summed E-state index contributed by atoms with van der Waals surface area (Å²) in [7, 11) is 2.74. The predicted octanol–water partition coefficient (Wildman–Crippen LogP) is 5.24. The molecule has 44 heavy (non-hydrogen) atoms. The Morgan fingerprint density at radius 2 is 1.77 bits per heavy atom. The van der Waals surface area contributed by atoms with Crippen LogP contribution in [-0.4, -0.2) is 65.4 Å². The van der Waals surface area contributed by atoms with Crippen molar-refractivity contribution < 1.29 is 43.2 Å². The van der Waals surface area contributed by atoms with Crippen LogP contribution in [0.2, 0.25) is 0 Å². The summed E-state index contributed by atoms with van der Waals surface area (Å²) >= 11 is 0. The van der Waals surface area contributed by atoms with Crippen LogP contribution in [0.4, 0.5) is 0 Å². The van der Waals surface area contributed by atoms with Gasteiger partial charge in [-0.05, 0) is 60.5 Å². The SMILES string of the molecule is COC(=O)C(C)=CCC12OC(C)(C)C3CC(OC)(C=C4C(=O)c5c(O)c(CC=C(C)C)c6c(c5OC431)C(C)(C)C(C)O6)C2=O. The van der Waals surface area contributed by atoms with Crippen molar-refractivity contribution in [2.24, 2.45) is 5.92 Å². The highest BCUT2D eigenvalue weighted by atomic mass is 16.6. The van der Waals surface area contributed by atoms with Crippen molar-refractivity contribution in [1.82, 2.24) is 0 Å². The van der Waals surface area contributed by atoms with Gasteiger partial charge in [0.25, 0.3) is 0 Å². The Bertz CT molecular complexity index is 1620. The summed E-state index contributed by atoms with van der Waals surface area (Å²) < 4.78 is 31.3. The number of benzene rings is 1. The van der Waals surface area contributed by atoms with Crippen LogP contribution in [0.1, 0.15) is 89.7 Å². The van der Waals surface area contributed by atoms with E-state index in [0.717, 1.165) is 5.57 Å². The van der Waals surface area contributed by atoms with E-state index in [9.17, 15) is 19.5 Å². The third kappa shape index (κ3) is 3.51. The lowest BCUT2D eigenvalue weighted by Gasteiger charge is -2.59. The number of hydrogen-bond acceptors (Lipinski definition) is 9. The highest BCUT2D eigenvalue weighted by Gasteiger charge is 2.84. The number of aromatic hydroxyl groups is 1. The van der Waals surface area contributed by atoms with Crippen molar-refractivity contribution in [2.45, 2.75) is 109 Å². The molecule has 1 spiro atoms. The second-order valence-electron chi connectivity index (χ2n) is 14.2. The van der Waals surface area contributed by atoms with E-state index in [1.165, 1.54) is 14.2 Å². The first-order chi connectivity index (χ1) is 20.5. The lowest BCUT2D eigenvalue weighted by Crippen LogP contribution is -2.77. The molecule has 1 saturated carbocycles. The van der Waals surface area contributed by atoms with Crippen LogP contribution in [-0.2, 0) is 35.6 Å². The Labute approximate surface area is 258 Å². The fourth-order valence-corrected chi connectivity index (χ4v) is 8.18. The largest absolute Gasteiger partial charge is 0.507 e. The number of methoxy groups -OCH3 is 2. The Hall–Kier alpha value is -3.43. The first kappa shape index (κ1) is 30.6. The maximum Gasteiger partial charge on any atom is 0.333 e. The van der Waals surface area contributed by atoms with Crippen LogP contribution >= 0.6 is 0 Å². The molecule has 1 aromatic rings. The summed E-state index contributed by atoms with van der Waals surface area (Å²) in [6, 6.07) is 0. The molecule has 9 nitrogen and oxygen atoms in total. The smallest absolute Gasteiger partial charge is 0.333 e. The molecule has 1 aromatic carbocycles. The van der Waals surface area contributed by atoms with Gasteiger partial charge in [0, 0.05) is 47.1 Å². The van der Waals surface area contributed by atoms with Crippen molar-refractivity contribution in [3.8, 4) is 17.2 Å². The second kappa shape index (κ2) is 9.30. The number of ketones is 2. The number of carbonyl (C=O) groups excluding carboxylic acids is 3. The van der Waals surface area contributed by atoms with Crippen molar-refractivity contribution in [3.05, 3.63) is 51.6 Å². The van der Waals surface area contributed by atoms with E-state index in [-0.39, 0.29) is 47.4 Å². The number of esters is 1. The van der Waals surface area contributed by atoms with Crippen molar-refractivity contribution >= 4 is 17.5 Å². The molecular weight excluding hydrogens is 564 g/mol. The summed E-state index contributed by atoms with van der Waals surface area (Å²) in [5.41, 5.74) is -3.38. The molecule has 3 aliphatic heterocycles. The Morgan fingerprint density at radius 1 is 1.09 bits per heavy atom. The molecule has 236 valence electrons. The molecule has 5 unspecified atom stereocenters. The molecule has 2 fully saturated rings. The quantitative estimate of drug-likeness (QED) is 0.263. The molecule has 3 aliphatic carbocycles. The van der Waals surface area contributed by atoms with E-state index in [2.05, 4.69) is 0 Å². The minimum absolute atomic E-state index is 0.0547. The summed E-state index contributed by atoms with van der Waals surface area (Å²) in [4.78, 5) is 42.0. The van der Waals surface area contributed by atoms with Crippen LogP contribution < -0.4 is 9.47 Å². The van der Waals surface area contributed by atoms with E-state index in [0.29, 0.717) is 28.9 Å². The number of hydrogen-bond donors (Lipinski definition) is 1. The number of fused-ring (bicyclic) bond motifs is 3. The summed E-state index contributed by atoms with van der Waals surface area (Å²) in [6.45, 7) is 15.3. The first-order valence-electron chi connectivity index (χ1n) is 15.2. The summed E-state index contributed by atoms with van der Waals surface area (Å²) in [5, 5.41) is 11.8. The molecule has 3 heterocycles. The third-order valence-electron chi connectivity index (χ3n) is 10.9. The summed E-state index contributed by atoms with van der Waals surface area (Å²) in [5.74, 6) is -1.29. The van der Waals surface area contributed by atoms with E-state index >= 15 is 0 Å². The highest BCUT2D eigenvalue weighted by Crippen LogP contribution is 2.70. The van der Waals surface area contributed by atoms with E-state index in [4.69, 9.17) is 23.7 Å². The number of carbonyl (C=O) groups is 3. The first-order valence-corrected chi connectivity index (χ1v) is 15.2. The minimum Gasteiger partial charge on any atom is -0.507 e. The van der Waals surface area contributed by atoms with Crippen LogP contribution in [0.5, 0.6) is 17.2 Å². The van der Waals surface area contributed by atoms with Crippen molar-refractivity contribution in [3.63, 3.8) is 0 Å². The van der Waals surface area contributed by atoms with Crippen LogP contribution in [0, 0.1) is 5.92 Å². The third-order valence-corrected chi connectivity index (χ3v) is 10.9. The summed E-state index contributed by atoms with van der Waals surface area (Å²) in [6.07, 6.45) is 5.45. The predicted molar refractivity (Wildman–Crippen MR) is 161 cm³/mol. The number of ether oxygens (including phenoxy) is 5. The molecule has 0 amide bonds. The fourth-order valence-electron chi connectivity index (χ4n) is 8.18. The zero-order valence-electron chi connectivity index (χ0n) is 27.2. The molecule has 6 aliphatic rings. The van der Waals surface area contributed by atoms with Crippen LogP contribution in [0.3, 0.4) is 0 Å². The number of allylic oxidation sites excluding steroid dienone is 2. The molecule has 0 aromatic heterocycles. The van der Waals surface area contributed by atoms with Gasteiger partial charge in [-0.25, -0.2) is 4.79 Å². The molecule has 1 saturated heterocycles. The molecule has 1 N–H and O–H groups in total. The van der Waals surface area contributed by atoms with Crippen LogP contribution in [0.25, 0.3) is 0 Å². The Morgan fingerprint density at radius 3 is 2.39 bits per heavy atom. The molecule has 9 heteroatoms. The maximum absolute atomic E-state index is 14.9. The Balaban J connectivity index is 1.68. The van der Waals surface area contributed by atoms with E-state index in [1.807, 2.05) is 54.5 Å². The normalized spacial score (nSPS) is 33.5. The maximum atomic E-state index is 14.9. The zero-order chi connectivity index (χ0) is 32.4. The van der Waals surface area contributed by atoms with E-state index < -0.39 is 45.5 Å². The Kier molecular flexibility index (Phi) is 6.46. The lowest BCUT2D eigenvalue weighted by molar-refractivity contribution is -0.190. The standard InChI is InChI=1S/C35H42O9/c1-17(2)11-12-20-25(36)23-26(37)21-15-33(41-10)16-22-32(7,8)44-34(30(33)39,14-13-18(3)29(38)40-9)35(21,22)43-28(23)24-27(20)42-19(4)31(24,5)6/h11,13,15,19,22,36H,12,14,16H2,1-10H3. The average molecular weight is 607 g/mol. The monoisotopic (exact) mass is 606 g/mol. The molecule has 5 atom stereocenters. The number of rotatable bonds is 6. The number of phenols is 1. The van der Waals surface area contributed by atoms with Gasteiger partial charge in [0.05, 0.1) is 12.7 Å². The van der Waals surface area contributed by atoms with Gasteiger partial charge >= 0.3 is 5.97 Å². The van der Waals surface area contributed by atoms with Gasteiger partial charge in [-0.15, -0.1) is 0 Å². The molecule has 0 radical (unpaired) electrons. The number of Topliss-reactive ketones (excluding diaryl/α,β-unsaturated/α-hetero) is 2. The van der Waals surface area contributed by atoms with Crippen LogP contribution in [0.15, 0.2) is 34.9 Å². The van der Waals surface area contributed by atoms with Gasteiger partial charge in [-0.3, -0.25) is 9.59 Å². The molecular formula is C35H42O9. The van der Waals surface area contributed by atoms with Crippen molar-refractivity contribution in [2.75, 3.05) is 14.2 Å². The van der Waals surface area contributed by atoms with Gasteiger partial charge in [0.2, 0.25) is 5.78 Å². The second-order valence-corrected chi connectivity index (χ2v) is 14.2. The fraction of sp³-hybridized carbons (Fsp3) is 0.571. The van der Waals surface area contributed by atoms with E-state index in [1.54, 1.807) is 19.1 Å². The average Bonchev–Trinajstić information content (AvgIpc) is 3.29. The lowest BCUT2D eigenvalue weighted by atomic mass is 9.49. The van der Waals surface area contributed by atoms with Gasteiger partial charge in [0.1, 0.15) is 34.5 Å². The van der Waals surface area contributed by atoms with Gasteiger partial charge in [0.15, 0.2) is 17.0 Å². The van der Waals surface area contributed by atoms with Crippen molar-refractivity contribution in [1.29, 1.82) is 0 Å². The molecule has 7 rings (SSSR count). The highest BCUT2D eigenvalue weighted by molar-refractivity contribution is 6.20. The van der Waals surface area contributed by atoms with Gasteiger partial charge in [-0.2, -0.15) is 0 Å². The topological polar surface area (TPSA) is 118 Å².